The molecule has 0 fully saturated rings. The van der Waals surface area contributed by atoms with Gasteiger partial charge in [-0.25, -0.2) is 4.79 Å². The maximum absolute atomic E-state index is 12.7. The minimum atomic E-state index is -0.649. The zero-order valence-electron chi connectivity index (χ0n) is 19.5. The Kier molecular flexibility index (Phi) is 8.39. The molecular weight excluding hydrogens is 414 g/mol. The minimum absolute atomic E-state index is 0.247. The number of carbonyl (C=O) groups excluding carboxylic acids is 2. The van der Waals surface area contributed by atoms with Crippen molar-refractivity contribution in [3.8, 4) is 0 Å². The number of amides is 1. The van der Waals surface area contributed by atoms with Crippen molar-refractivity contribution in [2.75, 3.05) is 5.32 Å². The Morgan fingerprint density at radius 2 is 1.39 bits per heavy atom. The fraction of sp³-hybridized carbons (Fsp3) is 0.286. The molecule has 5 heteroatoms. The highest BCUT2D eigenvalue weighted by Gasteiger charge is 2.20. The highest BCUT2D eigenvalue weighted by atomic mass is 17.2. The molecule has 3 rings (SSSR count). The molecule has 0 unspecified atom stereocenters. The Morgan fingerprint density at radius 1 is 0.788 bits per heavy atom. The van der Waals surface area contributed by atoms with E-state index < -0.39 is 11.6 Å². The monoisotopic (exact) mass is 445 g/mol. The number of unbranched alkanes of at least 4 members (excludes halogenated alkanes) is 1. The van der Waals surface area contributed by atoms with Crippen LogP contribution >= 0.6 is 0 Å². The Morgan fingerprint density at radius 3 is 2.03 bits per heavy atom. The van der Waals surface area contributed by atoms with E-state index in [-0.39, 0.29) is 11.5 Å². The quantitative estimate of drug-likeness (QED) is 0.235. The van der Waals surface area contributed by atoms with E-state index in [0.717, 1.165) is 31.2 Å². The molecule has 0 spiro atoms. The second-order valence-electron chi connectivity index (χ2n) is 8.96. The van der Waals surface area contributed by atoms with E-state index in [9.17, 15) is 9.59 Å². The van der Waals surface area contributed by atoms with Crippen LogP contribution in [0.25, 0.3) is 0 Å². The summed E-state index contributed by atoms with van der Waals surface area (Å²) in [7, 11) is 0. The molecule has 3 aromatic rings. The standard InChI is InChI=1S/C28H31NO4/c1-28(2,3)33-32-27(31)24-19-18-22(15-11-10-14-21-12-6-4-7-13-21)20-25(24)29-26(30)23-16-8-5-9-17-23/h4-9,12-13,16-20H,10-11,14-15H2,1-3H3,(H,29,30). The fourth-order valence-electron chi connectivity index (χ4n) is 3.32. The number of nitrogens with one attached hydrogen (secondary N) is 1. The number of carbonyl (C=O) groups is 2. The largest absolute Gasteiger partial charge is 0.375 e. The van der Waals surface area contributed by atoms with Crippen LogP contribution in [0.1, 0.15) is 65.5 Å². The highest BCUT2D eigenvalue weighted by Crippen LogP contribution is 2.23. The first-order chi connectivity index (χ1) is 15.8. The van der Waals surface area contributed by atoms with Crippen molar-refractivity contribution in [2.24, 2.45) is 0 Å². The third-order valence-electron chi connectivity index (χ3n) is 4.98. The summed E-state index contributed by atoms with van der Waals surface area (Å²) in [6.45, 7) is 5.37. The molecule has 3 aromatic carbocycles. The summed E-state index contributed by atoms with van der Waals surface area (Å²) in [6, 6.07) is 24.7. The van der Waals surface area contributed by atoms with Gasteiger partial charge in [0, 0.05) is 5.56 Å². The Labute approximate surface area is 195 Å². The molecule has 0 aliphatic carbocycles. The van der Waals surface area contributed by atoms with Crippen molar-refractivity contribution in [1.29, 1.82) is 0 Å². The van der Waals surface area contributed by atoms with Gasteiger partial charge in [0.05, 0.1) is 11.3 Å². The molecule has 172 valence electrons. The third kappa shape index (κ3) is 7.88. The van der Waals surface area contributed by atoms with Gasteiger partial charge < -0.3 is 5.32 Å². The average Bonchev–Trinajstić information content (AvgIpc) is 2.81. The Balaban J connectivity index is 1.71. The summed E-state index contributed by atoms with van der Waals surface area (Å²) in [5.74, 6) is -0.938. The van der Waals surface area contributed by atoms with E-state index >= 15 is 0 Å². The van der Waals surface area contributed by atoms with Gasteiger partial charge in [0.1, 0.15) is 5.60 Å². The van der Waals surface area contributed by atoms with Crippen LogP contribution in [0.5, 0.6) is 0 Å². The second-order valence-corrected chi connectivity index (χ2v) is 8.96. The van der Waals surface area contributed by atoms with Crippen molar-refractivity contribution >= 4 is 17.6 Å². The lowest BCUT2D eigenvalue weighted by molar-refractivity contribution is -0.301. The predicted molar refractivity (Wildman–Crippen MR) is 130 cm³/mol. The van der Waals surface area contributed by atoms with Crippen LogP contribution in [0.3, 0.4) is 0 Å². The molecule has 0 aliphatic rings. The van der Waals surface area contributed by atoms with Crippen molar-refractivity contribution in [1.82, 2.24) is 0 Å². The van der Waals surface area contributed by atoms with Crippen LogP contribution in [-0.4, -0.2) is 17.5 Å². The van der Waals surface area contributed by atoms with Crippen molar-refractivity contribution in [2.45, 2.75) is 52.1 Å². The van der Waals surface area contributed by atoms with Crippen LogP contribution in [0.4, 0.5) is 5.69 Å². The van der Waals surface area contributed by atoms with Crippen LogP contribution < -0.4 is 5.32 Å². The molecule has 33 heavy (non-hydrogen) atoms. The molecule has 0 saturated carbocycles. The van der Waals surface area contributed by atoms with Crippen LogP contribution in [-0.2, 0) is 22.6 Å². The first kappa shape index (κ1) is 24.2. The number of hydrogen-bond donors (Lipinski definition) is 1. The highest BCUT2D eigenvalue weighted by molar-refractivity contribution is 6.08. The number of rotatable bonds is 9. The van der Waals surface area contributed by atoms with E-state index in [1.165, 1.54) is 5.56 Å². The maximum Gasteiger partial charge on any atom is 0.375 e. The van der Waals surface area contributed by atoms with E-state index in [0.29, 0.717) is 11.3 Å². The molecule has 0 aromatic heterocycles. The van der Waals surface area contributed by atoms with Gasteiger partial charge in [0.15, 0.2) is 0 Å². The molecule has 0 heterocycles. The molecule has 1 N–H and O–H groups in total. The molecule has 1 amide bonds. The molecule has 5 nitrogen and oxygen atoms in total. The van der Waals surface area contributed by atoms with E-state index in [1.807, 2.05) is 24.3 Å². The number of aryl methyl sites for hydroxylation is 2. The maximum atomic E-state index is 12.7. The van der Waals surface area contributed by atoms with E-state index in [1.54, 1.807) is 51.1 Å². The lowest BCUT2D eigenvalue weighted by Crippen LogP contribution is -2.23. The summed E-state index contributed by atoms with van der Waals surface area (Å²) in [4.78, 5) is 35.6. The molecular formula is C28H31NO4. The van der Waals surface area contributed by atoms with E-state index in [2.05, 4.69) is 29.6 Å². The minimum Gasteiger partial charge on any atom is -0.321 e. The van der Waals surface area contributed by atoms with Crippen molar-refractivity contribution < 1.29 is 19.4 Å². The van der Waals surface area contributed by atoms with Gasteiger partial charge in [-0.3, -0.25) is 9.68 Å². The first-order valence-electron chi connectivity index (χ1n) is 11.2. The fourth-order valence-corrected chi connectivity index (χ4v) is 3.32. The smallest absolute Gasteiger partial charge is 0.321 e. The normalized spacial score (nSPS) is 11.1. The second kappa shape index (κ2) is 11.4. The first-order valence-corrected chi connectivity index (χ1v) is 11.2. The average molecular weight is 446 g/mol. The Bertz CT molecular complexity index is 1060. The predicted octanol–water partition coefficient (Wildman–Crippen LogP) is 6.39. The van der Waals surface area contributed by atoms with E-state index in [4.69, 9.17) is 9.78 Å². The van der Waals surface area contributed by atoms with Gasteiger partial charge in [0.25, 0.3) is 5.91 Å². The van der Waals surface area contributed by atoms with Gasteiger partial charge in [0.2, 0.25) is 0 Å². The van der Waals surface area contributed by atoms with Gasteiger partial charge >= 0.3 is 5.97 Å². The lowest BCUT2D eigenvalue weighted by atomic mass is 10.0. The van der Waals surface area contributed by atoms with Crippen LogP contribution in [0, 0.1) is 0 Å². The van der Waals surface area contributed by atoms with Gasteiger partial charge in [-0.05, 0) is 81.8 Å². The topological polar surface area (TPSA) is 64.6 Å². The van der Waals surface area contributed by atoms with Gasteiger partial charge in [-0.1, -0.05) is 54.6 Å². The summed E-state index contributed by atoms with van der Waals surface area (Å²) in [6.07, 6.45) is 3.92. The zero-order chi connectivity index (χ0) is 23.7. The van der Waals surface area contributed by atoms with Gasteiger partial charge in [-0.2, -0.15) is 4.89 Å². The van der Waals surface area contributed by atoms with Crippen molar-refractivity contribution in [3.63, 3.8) is 0 Å². The summed E-state index contributed by atoms with van der Waals surface area (Å²) in [5, 5.41) is 2.87. The van der Waals surface area contributed by atoms with Crippen LogP contribution in [0.15, 0.2) is 78.9 Å². The van der Waals surface area contributed by atoms with Gasteiger partial charge in [-0.15, -0.1) is 0 Å². The molecule has 0 radical (unpaired) electrons. The summed E-state index contributed by atoms with van der Waals surface area (Å²) in [5.41, 5.74) is 2.89. The number of benzene rings is 3. The summed E-state index contributed by atoms with van der Waals surface area (Å²) < 4.78 is 0. The van der Waals surface area contributed by atoms with Crippen molar-refractivity contribution in [3.05, 3.63) is 101 Å². The lowest BCUT2D eigenvalue weighted by Gasteiger charge is -2.18. The zero-order valence-corrected chi connectivity index (χ0v) is 19.5. The molecule has 0 saturated heterocycles. The number of hydrogen-bond acceptors (Lipinski definition) is 4. The van der Waals surface area contributed by atoms with Crippen LogP contribution in [0.2, 0.25) is 0 Å². The molecule has 0 aliphatic heterocycles. The Hall–Kier alpha value is -3.44. The summed E-state index contributed by atoms with van der Waals surface area (Å²) >= 11 is 0. The molecule has 0 bridgehead atoms. The SMILES string of the molecule is CC(C)(C)OOC(=O)c1ccc(CCCCc2ccccc2)cc1NC(=O)c1ccccc1. The third-order valence-corrected chi connectivity index (χ3v) is 4.98. The molecule has 0 atom stereocenters. The number of anilines is 1.